The SMILES string of the molecule is COc1ccc(Cl)cc1NCc1ccc(Cl)cc1[N+](=O)[O-]. The summed E-state index contributed by atoms with van der Waals surface area (Å²) in [5.41, 5.74) is 1.15. The Morgan fingerprint density at radius 2 is 1.86 bits per heavy atom. The Balaban J connectivity index is 2.24. The fourth-order valence-corrected chi connectivity index (χ4v) is 2.20. The average molecular weight is 327 g/mol. The highest BCUT2D eigenvalue weighted by molar-refractivity contribution is 6.31. The minimum atomic E-state index is -0.460. The van der Waals surface area contributed by atoms with Crippen molar-refractivity contribution in [3.05, 3.63) is 62.1 Å². The Morgan fingerprint density at radius 1 is 1.19 bits per heavy atom. The fraction of sp³-hybridized carbons (Fsp3) is 0.143. The summed E-state index contributed by atoms with van der Waals surface area (Å²) in [5, 5.41) is 15.0. The maximum Gasteiger partial charge on any atom is 0.275 e. The number of hydrogen-bond acceptors (Lipinski definition) is 4. The van der Waals surface area contributed by atoms with Crippen LogP contribution in [0.3, 0.4) is 0 Å². The number of nitrogens with one attached hydrogen (secondary N) is 1. The number of hydrogen-bond donors (Lipinski definition) is 1. The van der Waals surface area contributed by atoms with E-state index in [4.69, 9.17) is 27.9 Å². The maximum absolute atomic E-state index is 11.0. The van der Waals surface area contributed by atoms with Gasteiger partial charge in [-0.1, -0.05) is 23.2 Å². The number of nitrogens with zero attached hydrogens (tertiary/aromatic N) is 1. The molecule has 0 aliphatic rings. The minimum absolute atomic E-state index is 0.0315. The van der Waals surface area contributed by atoms with Gasteiger partial charge in [0.25, 0.3) is 5.69 Å². The van der Waals surface area contributed by atoms with Crippen LogP contribution < -0.4 is 10.1 Å². The van der Waals surface area contributed by atoms with Crippen molar-refractivity contribution >= 4 is 34.6 Å². The second-order valence-corrected chi connectivity index (χ2v) is 5.10. The van der Waals surface area contributed by atoms with Gasteiger partial charge in [-0.2, -0.15) is 0 Å². The van der Waals surface area contributed by atoms with Crippen molar-refractivity contribution in [2.24, 2.45) is 0 Å². The lowest BCUT2D eigenvalue weighted by molar-refractivity contribution is -0.385. The number of benzene rings is 2. The number of ether oxygens (including phenoxy) is 1. The molecule has 110 valence electrons. The van der Waals surface area contributed by atoms with Crippen LogP contribution in [0.5, 0.6) is 5.75 Å². The molecular formula is C14H12Cl2N2O3. The zero-order valence-corrected chi connectivity index (χ0v) is 12.6. The van der Waals surface area contributed by atoms with E-state index < -0.39 is 4.92 Å². The van der Waals surface area contributed by atoms with Crippen LogP contribution in [0.4, 0.5) is 11.4 Å². The molecule has 21 heavy (non-hydrogen) atoms. The van der Waals surface area contributed by atoms with Gasteiger partial charge >= 0.3 is 0 Å². The van der Waals surface area contributed by atoms with E-state index in [1.165, 1.54) is 6.07 Å². The van der Waals surface area contributed by atoms with E-state index in [0.717, 1.165) is 0 Å². The Hall–Kier alpha value is -1.98. The van der Waals surface area contributed by atoms with Crippen LogP contribution in [0.25, 0.3) is 0 Å². The Bertz CT molecular complexity index is 677. The van der Waals surface area contributed by atoms with Crippen molar-refractivity contribution in [1.82, 2.24) is 0 Å². The second kappa shape index (κ2) is 6.65. The van der Waals surface area contributed by atoms with Crippen LogP contribution in [-0.2, 0) is 6.54 Å². The van der Waals surface area contributed by atoms with Gasteiger partial charge in [0.05, 0.1) is 17.7 Å². The molecule has 0 spiro atoms. The van der Waals surface area contributed by atoms with Crippen molar-refractivity contribution in [1.29, 1.82) is 0 Å². The highest BCUT2D eigenvalue weighted by Gasteiger charge is 2.14. The first-order valence-electron chi connectivity index (χ1n) is 6.01. The topological polar surface area (TPSA) is 64.4 Å². The molecular weight excluding hydrogens is 315 g/mol. The summed E-state index contributed by atoms with van der Waals surface area (Å²) < 4.78 is 5.21. The van der Waals surface area contributed by atoms with Crippen LogP contribution >= 0.6 is 23.2 Å². The van der Waals surface area contributed by atoms with E-state index in [2.05, 4.69) is 5.32 Å². The van der Waals surface area contributed by atoms with Crippen molar-refractivity contribution in [2.45, 2.75) is 6.54 Å². The molecule has 0 atom stereocenters. The van der Waals surface area contributed by atoms with E-state index in [1.807, 2.05) is 0 Å². The fourth-order valence-electron chi connectivity index (χ4n) is 1.87. The van der Waals surface area contributed by atoms with Crippen molar-refractivity contribution in [3.8, 4) is 5.75 Å². The number of anilines is 1. The molecule has 0 saturated carbocycles. The third kappa shape index (κ3) is 3.77. The summed E-state index contributed by atoms with van der Waals surface area (Å²) in [4.78, 5) is 10.6. The quantitative estimate of drug-likeness (QED) is 0.648. The van der Waals surface area contributed by atoms with Gasteiger partial charge in [0.1, 0.15) is 5.75 Å². The van der Waals surface area contributed by atoms with Crippen LogP contribution in [0.1, 0.15) is 5.56 Å². The third-order valence-electron chi connectivity index (χ3n) is 2.87. The lowest BCUT2D eigenvalue weighted by Gasteiger charge is -2.12. The molecule has 7 heteroatoms. The first-order chi connectivity index (χ1) is 10.0. The molecule has 0 aliphatic carbocycles. The van der Waals surface area contributed by atoms with E-state index in [-0.39, 0.29) is 12.2 Å². The number of halogens is 2. The summed E-state index contributed by atoms with van der Waals surface area (Å²) in [6, 6.07) is 9.68. The Kier molecular flexibility index (Phi) is 4.88. The lowest BCUT2D eigenvalue weighted by atomic mass is 10.1. The van der Waals surface area contributed by atoms with Crippen LogP contribution in [0.2, 0.25) is 10.0 Å². The van der Waals surface area contributed by atoms with E-state index in [9.17, 15) is 10.1 Å². The Labute approximate surface area is 131 Å². The number of nitro groups is 1. The third-order valence-corrected chi connectivity index (χ3v) is 3.35. The highest BCUT2D eigenvalue weighted by Crippen LogP contribution is 2.29. The van der Waals surface area contributed by atoms with Crippen LogP contribution in [0.15, 0.2) is 36.4 Å². The predicted molar refractivity (Wildman–Crippen MR) is 83.4 cm³/mol. The molecule has 0 aromatic heterocycles. The standard InChI is InChI=1S/C14H12Cl2N2O3/c1-21-14-5-4-10(15)6-12(14)17-8-9-2-3-11(16)7-13(9)18(19)20/h2-7,17H,8H2,1H3. The molecule has 2 rings (SSSR count). The van der Waals surface area contributed by atoms with Gasteiger partial charge in [0.2, 0.25) is 0 Å². The minimum Gasteiger partial charge on any atom is -0.495 e. The number of methoxy groups -OCH3 is 1. The first-order valence-corrected chi connectivity index (χ1v) is 6.77. The van der Waals surface area contributed by atoms with Gasteiger partial charge in [0, 0.05) is 28.2 Å². The molecule has 0 aliphatic heterocycles. The van der Waals surface area contributed by atoms with Gasteiger partial charge < -0.3 is 10.1 Å². The summed E-state index contributed by atoms with van der Waals surface area (Å²) in [6.45, 7) is 0.254. The average Bonchev–Trinajstić information content (AvgIpc) is 2.46. The molecule has 2 aromatic carbocycles. The summed E-state index contributed by atoms with van der Waals surface area (Å²) in [5.74, 6) is 0.607. The second-order valence-electron chi connectivity index (χ2n) is 4.23. The smallest absolute Gasteiger partial charge is 0.275 e. The molecule has 0 amide bonds. The van der Waals surface area contributed by atoms with E-state index in [0.29, 0.717) is 27.0 Å². The lowest BCUT2D eigenvalue weighted by Crippen LogP contribution is -2.04. The van der Waals surface area contributed by atoms with Crippen LogP contribution in [0, 0.1) is 10.1 Å². The highest BCUT2D eigenvalue weighted by atomic mass is 35.5. The maximum atomic E-state index is 11.0. The first kappa shape index (κ1) is 15.4. The number of nitro benzene ring substituents is 1. The van der Waals surface area contributed by atoms with Gasteiger partial charge in [-0.15, -0.1) is 0 Å². The molecule has 0 unspecified atom stereocenters. The molecule has 0 radical (unpaired) electrons. The monoisotopic (exact) mass is 326 g/mol. The summed E-state index contributed by atoms with van der Waals surface area (Å²) >= 11 is 11.7. The molecule has 0 fully saturated rings. The summed E-state index contributed by atoms with van der Waals surface area (Å²) in [7, 11) is 1.54. The van der Waals surface area contributed by atoms with Gasteiger partial charge in [-0.25, -0.2) is 0 Å². The molecule has 2 aromatic rings. The van der Waals surface area contributed by atoms with E-state index >= 15 is 0 Å². The largest absolute Gasteiger partial charge is 0.495 e. The Morgan fingerprint density at radius 3 is 2.52 bits per heavy atom. The molecule has 1 N–H and O–H groups in total. The normalized spacial score (nSPS) is 10.2. The van der Waals surface area contributed by atoms with E-state index in [1.54, 1.807) is 37.4 Å². The molecule has 5 nitrogen and oxygen atoms in total. The molecule has 0 saturated heterocycles. The predicted octanol–water partition coefficient (Wildman–Crippen LogP) is 4.52. The van der Waals surface area contributed by atoms with Gasteiger partial charge in [-0.05, 0) is 30.3 Å². The van der Waals surface area contributed by atoms with Crippen molar-refractivity contribution < 1.29 is 9.66 Å². The zero-order valence-electron chi connectivity index (χ0n) is 11.1. The van der Waals surface area contributed by atoms with Gasteiger partial charge in [-0.3, -0.25) is 10.1 Å². The molecule has 0 heterocycles. The van der Waals surface area contributed by atoms with Crippen molar-refractivity contribution in [2.75, 3.05) is 12.4 Å². The number of rotatable bonds is 5. The summed E-state index contributed by atoms with van der Waals surface area (Å²) in [6.07, 6.45) is 0. The van der Waals surface area contributed by atoms with Crippen molar-refractivity contribution in [3.63, 3.8) is 0 Å². The van der Waals surface area contributed by atoms with Crippen LogP contribution in [-0.4, -0.2) is 12.0 Å². The molecule has 0 bridgehead atoms. The van der Waals surface area contributed by atoms with Gasteiger partial charge in [0.15, 0.2) is 0 Å². The zero-order chi connectivity index (χ0) is 15.4.